The molecular weight excluding hydrogens is 160 g/mol. The Bertz CT molecular complexity index is 256. The topological polar surface area (TPSA) is 47.6 Å². The van der Waals surface area contributed by atoms with E-state index in [0.717, 1.165) is 5.02 Å². The van der Waals surface area contributed by atoms with Gasteiger partial charge in [-0.15, -0.1) is 0 Å². The van der Waals surface area contributed by atoms with Gasteiger partial charge in [0.05, 0.1) is 0 Å². The van der Waals surface area contributed by atoms with E-state index in [4.69, 9.17) is 22.1 Å². The standard InChI is InChI=1S/C6H5Cl.C2N2/c7-6-4-2-1-3-5-6;3-1-2-4/h1-5H;. The van der Waals surface area contributed by atoms with Crippen molar-refractivity contribution in [1.29, 1.82) is 10.5 Å². The third-order valence-electron chi connectivity index (χ3n) is 0.783. The molecule has 3 heteroatoms. The molecular formula is C8H5ClN2. The Morgan fingerprint density at radius 1 is 1.00 bits per heavy atom. The van der Waals surface area contributed by atoms with E-state index >= 15 is 0 Å². The van der Waals surface area contributed by atoms with E-state index in [1.54, 1.807) is 0 Å². The van der Waals surface area contributed by atoms with Crippen LogP contribution in [0.25, 0.3) is 0 Å². The molecule has 0 unspecified atom stereocenters. The molecule has 1 rings (SSSR count). The highest BCUT2D eigenvalue weighted by atomic mass is 35.5. The average molecular weight is 165 g/mol. The van der Waals surface area contributed by atoms with Gasteiger partial charge in [-0.05, 0) is 12.1 Å². The number of rotatable bonds is 0. The molecule has 0 aliphatic rings. The predicted octanol–water partition coefficient (Wildman–Crippen LogP) is 2.37. The van der Waals surface area contributed by atoms with Gasteiger partial charge in [0.15, 0.2) is 12.1 Å². The number of nitrogens with zero attached hydrogens (tertiary/aromatic N) is 2. The SMILES string of the molecule is Clc1ccccc1.N#CC#N. The van der Waals surface area contributed by atoms with Crippen molar-refractivity contribution >= 4 is 11.6 Å². The van der Waals surface area contributed by atoms with Crippen LogP contribution in [0.4, 0.5) is 0 Å². The maximum absolute atomic E-state index is 7.26. The van der Waals surface area contributed by atoms with Crippen LogP contribution in [0.3, 0.4) is 0 Å². The van der Waals surface area contributed by atoms with Gasteiger partial charge in [-0.3, -0.25) is 0 Å². The van der Waals surface area contributed by atoms with Crippen molar-refractivity contribution in [3.8, 4) is 12.1 Å². The molecule has 0 heterocycles. The summed E-state index contributed by atoms with van der Waals surface area (Å²) in [5, 5.41) is 15.3. The summed E-state index contributed by atoms with van der Waals surface area (Å²) >= 11 is 5.54. The van der Waals surface area contributed by atoms with Crippen LogP contribution in [-0.2, 0) is 0 Å². The fourth-order valence-corrected chi connectivity index (χ4v) is 0.560. The third kappa shape index (κ3) is 6.37. The fraction of sp³-hybridized carbons (Fsp3) is 0. The molecule has 0 radical (unpaired) electrons. The van der Waals surface area contributed by atoms with Gasteiger partial charge in [0.2, 0.25) is 0 Å². The number of hydrogen-bond donors (Lipinski definition) is 0. The number of benzene rings is 1. The Hall–Kier alpha value is -1.51. The summed E-state index contributed by atoms with van der Waals surface area (Å²) in [7, 11) is 0. The minimum absolute atomic E-state index is 0.794. The number of nitriles is 2. The van der Waals surface area contributed by atoms with Crippen LogP contribution in [0, 0.1) is 22.7 Å². The Morgan fingerprint density at radius 2 is 1.45 bits per heavy atom. The first-order chi connectivity index (χ1) is 5.31. The Balaban J connectivity index is 0.000000218. The molecule has 54 valence electrons. The fourth-order valence-electron chi connectivity index (χ4n) is 0.415. The first-order valence-electron chi connectivity index (χ1n) is 2.80. The molecule has 0 saturated carbocycles. The molecule has 1 aromatic carbocycles. The summed E-state index contributed by atoms with van der Waals surface area (Å²) in [6, 6.07) is 11.9. The second-order valence-electron chi connectivity index (χ2n) is 1.52. The highest BCUT2D eigenvalue weighted by Crippen LogP contribution is 2.03. The molecule has 0 amide bonds. The van der Waals surface area contributed by atoms with Crippen LogP contribution < -0.4 is 0 Å². The van der Waals surface area contributed by atoms with Gasteiger partial charge in [-0.25, -0.2) is 0 Å². The van der Waals surface area contributed by atoms with Crippen molar-refractivity contribution in [2.75, 3.05) is 0 Å². The number of hydrogen-bond acceptors (Lipinski definition) is 2. The van der Waals surface area contributed by atoms with Crippen LogP contribution in [0.5, 0.6) is 0 Å². The van der Waals surface area contributed by atoms with E-state index in [-0.39, 0.29) is 0 Å². The number of halogens is 1. The molecule has 0 bridgehead atoms. The van der Waals surface area contributed by atoms with Crippen molar-refractivity contribution < 1.29 is 0 Å². The van der Waals surface area contributed by atoms with Crippen molar-refractivity contribution in [1.82, 2.24) is 0 Å². The maximum atomic E-state index is 7.26. The molecule has 0 spiro atoms. The Kier molecular flexibility index (Phi) is 5.70. The smallest absolute Gasteiger partial charge is 0.181 e. The summed E-state index contributed by atoms with van der Waals surface area (Å²) in [5.41, 5.74) is 0. The van der Waals surface area contributed by atoms with Crippen molar-refractivity contribution in [2.45, 2.75) is 0 Å². The monoisotopic (exact) mass is 164 g/mol. The zero-order valence-corrected chi connectivity index (χ0v) is 6.42. The Morgan fingerprint density at radius 3 is 1.64 bits per heavy atom. The molecule has 1 aromatic rings. The molecule has 0 aliphatic carbocycles. The first kappa shape index (κ1) is 9.49. The van der Waals surface area contributed by atoms with E-state index in [1.165, 1.54) is 12.1 Å². The molecule has 2 nitrogen and oxygen atoms in total. The second-order valence-corrected chi connectivity index (χ2v) is 1.96. The van der Waals surface area contributed by atoms with Gasteiger partial charge >= 0.3 is 0 Å². The highest BCUT2D eigenvalue weighted by Gasteiger charge is 1.74. The molecule has 0 N–H and O–H groups in total. The van der Waals surface area contributed by atoms with Gasteiger partial charge in [0.25, 0.3) is 0 Å². The van der Waals surface area contributed by atoms with Crippen LogP contribution in [0.2, 0.25) is 5.02 Å². The molecule has 0 aromatic heterocycles. The van der Waals surface area contributed by atoms with E-state index in [0.29, 0.717) is 0 Å². The molecule has 0 atom stereocenters. The molecule has 0 saturated heterocycles. The Labute approximate surface area is 70.3 Å². The van der Waals surface area contributed by atoms with Crippen LogP contribution in [-0.4, -0.2) is 0 Å². The first-order valence-corrected chi connectivity index (χ1v) is 3.17. The lowest BCUT2D eigenvalue weighted by atomic mass is 10.4. The lowest BCUT2D eigenvalue weighted by Gasteiger charge is -1.80. The summed E-state index contributed by atoms with van der Waals surface area (Å²) in [5.74, 6) is 0. The quantitative estimate of drug-likeness (QED) is 0.591. The van der Waals surface area contributed by atoms with Gasteiger partial charge in [0, 0.05) is 5.02 Å². The highest BCUT2D eigenvalue weighted by molar-refractivity contribution is 6.30. The van der Waals surface area contributed by atoms with Gasteiger partial charge in [-0.1, -0.05) is 29.8 Å². The molecule has 11 heavy (non-hydrogen) atoms. The van der Waals surface area contributed by atoms with E-state index in [2.05, 4.69) is 0 Å². The minimum atomic E-state index is 0.794. The van der Waals surface area contributed by atoms with Crippen molar-refractivity contribution in [3.63, 3.8) is 0 Å². The third-order valence-corrected chi connectivity index (χ3v) is 1.04. The lowest BCUT2D eigenvalue weighted by molar-refractivity contribution is 1.49. The summed E-state index contributed by atoms with van der Waals surface area (Å²) in [6.07, 6.45) is 0. The average Bonchev–Trinajstić information content (AvgIpc) is 2.07. The van der Waals surface area contributed by atoms with E-state index in [9.17, 15) is 0 Å². The van der Waals surface area contributed by atoms with Crippen LogP contribution >= 0.6 is 11.6 Å². The van der Waals surface area contributed by atoms with Crippen molar-refractivity contribution in [2.24, 2.45) is 0 Å². The molecule has 0 aliphatic heterocycles. The van der Waals surface area contributed by atoms with Gasteiger partial charge in [0.1, 0.15) is 0 Å². The zero-order valence-electron chi connectivity index (χ0n) is 5.66. The molecule has 0 fully saturated rings. The summed E-state index contributed by atoms with van der Waals surface area (Å²) in [6.45, 7) is 0. The van der Waals surface area contributed by atoms with Gasteiger partial charge < -0.3 is 0 Å². The predicted molar refractivity (Wildman–Crippen MR) is 42.7 cm³/mol. The maximum Gasteiger partial charge on any atom is 0.181 e. The summed E-state index contributed by atoms with van der Waals surface area (Å²) in [4.78, 5) is 0. The summed E-state index contributed by atoms with van der Waals surface area (Å²) < 4.78 is 0. The van der Waals surface area contributed by atoms with Crippen molar-refractivity contribution in [3.05, 3.63) is 35.4 Å². The second kappa shape index (κ2) is 6.61. The van der Waals surface area contributed by atoms with E-state index < -0.39 is 0 Å². The largest absolute Gasteiger partial charge is 0.181 e. The van der Waals surface area contributed by atoms with Crippen LogP contribution in [0.15, 0.2) is 30.3 Å². The normalized spacial score (nSPS) is 6.45. The lowest BCUT2D eigenvalue weighted by Crippen LogP contribution is -1.55. The minimum Gasteiger partial charge on any atom is -0.181 e. The zero-order chi connectivity index (χ0) is 8.53. The van der Waals surface area contributed by atoms with E-state index in [1.807, 2.05) is 30.3 Å². The van der Waals surface area contributed by atoms with Crippen LogP contribution in [0.1, 0.15) is 0 Å². The van der Waals surface area contributed by atoms with Gasteiger partial charge in [-0.2, -0.15) is 10.5 Å².